The summed E-state index contributed by atoms with van der Waals surface area (Å²) in [6.45, 7) is 5.75. The summed E-state index contributed by atoms with van der Waals surface area (Å²) in [7, 11) is 0. The zero-order valence-corrected chi connectivity index (χ0v) is 17.3. The Morgan fingerprint density at radius 3 is 2.40 bits per heavy atom. The van der Waals surface area contributed by atoms with Gasteiger partial charge in [-0.2, -0.15) is 4.98 Å². The molecule has 2 heterocycles. The lowest BCUT2D eigenvalue weighted by Crippen LogP contribution is -2.38. The van der Waals surface area contributed by atoms with Gasteiger partial charge < -0.3 is 9.42 Å². The molecule has 30 heavy (non-hydrogen) atoms. The van der Waals surface area contributed by atoms with Gasteiger partial charge in [-0.05, 0) is 66.6 Å². The molecule has 4 rings (SSSR count). The summed E-state index contributed by atoms with van der Waals surface area (Å²) in [5, 5.41) is 4.01. The molecule has 0 radical (unpaired) electrons. The lowest BCUT2D eigenvalue weighted by atomic mass is 9.93. The molecule has 2 aromatic carbocycles. The van der Waals surface area contributed by atoms with Crippen molar-refractivity contribution < 1.29 is 13.7 Å². The predicted octanol–water partition coefficient (Wildman–Crippen LogP) is 5.09. The number of aromatic nitrogens is 2. The molecule has 1 aliphatic heterocycles. The zero-order chi connectivity index (χ0) is 21.1. The first-order valence-electron chi connectivity index (χ1n) is 10.5. The monoisotopic (exact) mass is 407 g/mol. The number of piperidine rings is 1. The minimum absolute atomic E-state index is 0.0974. The van der Waals surface area contributed by atoms with E-state index in [0.29, 0.717) is 30.0 Å². The standard InChI is InChI=1S/C24H26FN3O2/c1-16(2)18-3-5-20(6-4-18)24(29)28-13-11-17(12-14-28)15-22-26-23(27-30-22)19-7-9-21(25)10-8-19/h3-10,16-17H,11-15H2,1-2H3. The van der Waals surface area contributed by atoms with Gasteiger partial charge in [-0.3, -0.25) is 4.79 Å². The SMILES string of the molecule is CC(C)c1ccc(C(=O)N2CCC(Cc3nc(-c4ccc(F)cc4)no3)CC2)cc1. The molecule has 0 atom stereocenters. The molecule has 1 aromatic heterocycles. The molecule has 1 fully saturated rings. The lowest BCUT2D eigenvalue weighted by Gasteiger charge is -2.31. The topological polar surface area (TPSA) is 59.2 Å². The molecule has 5 nitrogen and oxygen atoms in total. The first kappa shape index (κ1) is 20.3. The van der Waals surface area contributed by atoms with Crippen LogP contribution in [0.5, 0.6) is 0 Å². The van der Waals surface area contributed by atoms with Crippen molar-refractivity contribution in [2.24, 2.45) is 5.92 Å². The van der Waals surface area contributed by atoms with Crippen LogP contribution in [0.4, 0.5) is 4.39 Å². The van der Waals surface area contributed by atoms with Crippen LogP contribution in [-0.4, -0.2) is 34.0 Å². The van der Waals surface area contributed by atoms with Crippen molar-refractivity contribution in [2.75, 3.05) is 13.1 Å². The third-order valence-corrected chi connectivity index (χ3v) is 5.76. The average molecular weight is 407 g/mol. The molecule has 0 saturated carbocycles. The summed E-state index contributed by atoms with van der Waals surface area (Å²) < 4.78 is 18.5. The summed E-state index contributed by atoms with van der Waals surface area (Å²) in [4.78, 5) is 19.2. The molecule has 0 aliphatic carbocycles. The van der Waals surface area contributed by atoms with E-state index in [9.17, 15) is 9.18 Å². The fourth-order valence-electron chi connectivity index (χ4n) is 3.83. The van der Waals surface area contributed by atoms with E-state index < -0.39 is 0 Å². The lowest BCUT2D eigenvalue weighted by molar-refractivity contribution is 0.0687. The van der Waals surface area contributed by atoms with E-state index in [2.05, 4.69) is 24.0 Å². The smallest absolute Gasteiger partial charge is 0.253 e. The first-order chi connectivity index (χ1) is 14.5. The van der Waals surface area contributed by atoms with Crippen LogP contribution in [0.3, 0.4) is 0 Å². The molecule has 1 amide bonds. The molecular formula is C24H26FN3O2. The molecule has 0 N–H and O–H groups in total. The van der Waals surface area contributed by atoms with Crippen LogP contribution in [0.15, 0.2) is 53.1 Å². The number of carbonyl (C=O) groups is 1. The fourth-order valence-corrected chi connectivity index (χ4v) is 3.83. The summed E-state index contributed by atoms with van der Waals surface area (Å²) >= 11 is 0. The third-order valence-electron chi connectivity index (χ3n) is 5.76. The van der Waals surface area contributed by atoms with Crippen LogP contribution < -0.4 is 0 Å². The second kappa shape index (κ2) is 8.78. The van der Waals surface area contributed by atoms with Gasteiger partial charge in [0, 0.05) is 30.6 Å². The number of rotatable bonds is 5. The summed E-state index contributed by atoms with van der Waals surface area (Å²) in [6.07, 6.45) is 2.51. The summed E-state index contributed by atoms with van der Waals surface area (Å²) in [5.74, 6) is 1.72. The van der Waals surface area contributed by atoms with E-state index >= 15 is 0 Å². The minimum atomic E-state index is -0.292. The Hall–Kier alpha value is -3.02. The Morgan fingerprint density at radius 1 is 1.10 bits per heavy atom. The van der Waals surface area contributed by atoms with E-state index in [1.807, 2.05) is 29.2 Å². The number of hydrogen-bond donors (Lipinski definition) is 0. The highest BCUT2D eigenvalue weighted by molar-refractivity contribution is 5.94. The molecule has 156 valence electrons. The fraction of sp³-hybridized carbons (Fsp3) is 0.375. The van der Waals surface area contributed by atoms with Crippen molar-refractivity contribution in [3.8, 4) is 11.4 Å². The van der Waals surface area contributed by atoms with Crippen molar-refractivity contribution in [1.82, 2.24) is 15.0 Å². The van der Waals surface area contributed by atoms with Crippen LogP contribution in [0.25, 0.3) is 11.4 Å². The van der Waals surface area contributed by atoms with Gasteiger partial charge in [0.15, 0.2) is 0 Å². The number of nitrogens with zero attached hydrogens (tertiary/aromatic N) is 3. The van der Waals surface area contributed by atoms with Crippen molar-refractivity contribution in [3.05, 3.63) is 71.4 Å². The Bertz CT molecular complexity index is 988. The number of hydrogen-bond acceptors (Lipinski definition) is 4. The minimum Gasteiger partial charge on any atom is -0.339 e. The average Bonchev–Trinajstić information content (AvgIpc) is 3.23. The molecule has 0 spiro atoms. The molecule has 1 saturated heterocycles. The van der Waals surface area contributed by atoms with Crippen molar-refractivity contribution in [1.29, 1.82) is 0 Å². The van der Waals surface area contributed by atoms with E-state index in [1.165, 1.54) is 17.7 Å². The highest BCUT2D eigenvalue weighted by Crippen LogP contribution is 2.24. The van der Waals surface area contributed by atoms with Gasteiger partial charge >= 0.3 is 0 Å². The molecule has 0 unspecified atom stereocenters. The number of likely N-dealkylation sites (tertiary alicyclic amines) is 1. The van der Waals surface area contributed by atoms with Crippen molar-refractivity contribution in [2.45, 2.75) is 39.0 Å². The number of benzene rings is 2. The van der Waals surface area contributed by atoms with Crippen LogP contribution in [-0.2, 0) is 6.42 Å². The number of carbonyl (C=O) groups excluding carboxylic acids is 1. The van der Waals surface area contributed by atoms with Gasteiger partial charge in [0.25, 0.3) is 5.91 Å². The van der Waals surface area contributed by atoms with E-state index in [4.69, 9.17) is 4.52 Å². The largest absolute Gasteiger partial charge is 0.339 e. The van der Waals surface area contributed by atoms with Crippen molar-refractivity contribution >= 4 is 5.91 Å². The van der Waals surface area contributed by atoms with Gasteiger partial charge in [0.05, 0.1) is 0 Å². The molecular weight excluding hydrogens is 381 g/mol. The molecule has 0 bridgehead atoms. The number of amides is 1. The Kier molecular flexibility index (Phi) is 5.93. The van der Waals surface area contributed by atoms with Gasteiger partial charge in [-0.15, -0.1) is 0 Å². The van der Waals surface area contributed by atoms with Crippen LogP contribution in [0.1, 0.15) is 54.4 Å². The van der Waals surface area contributed by atoms with Gasteiger partial charge in [-0.25, -0.2) is 4.39 Å². The van der Waals surface area contributed by atoms with Crippen LogP contribution >= 0.6 is 0 Å². The Morgan fingerprint density at radius 2 is 1.77 bits per heavy atom. The zero-order valence-electron chi connectivity index (χ0n) is 17.3. The summed E-state index contributed by atoms with van der Waals surface area (Å²) in [5.41, 5.74) is 2.72. The maximum atomic E-state index is 13.1. The van der Waals surface area contributed by atoms with Crippen molar-refractivity contribution in [3.63, 3.8) is 0 Å². The van der Waals surface area contributed by atoms with E-state index in [0.717, 1.165) is 37.1 Å². The van der Waals surface area contributed by atoms with Crippen LogP contribution in [0, 0.1) is 11.7 Å². The Balaban J connectivity index is 1.31. The van der Waals surface area contributed by atoms with Crippen LogP contribution in [0.2, 0.25) is 0 Å². The number of halogens is 1. The second-order valence-electron chi connectivity index (χ2n) is 8.24. The Labute approximate surface area is 175 Å². The van der Waals surface area contributed by atoms with Gasteiger partial charge in [-0.1, -0.05) is 31.1 Å². The normalized spacial score (nSPS) is 15.0. The highest BCUT2D eigenvalue weighted by Gasteiger charge is 2.25. The maximum Gasteiger partial charge on any atom is 0.253 e. The highest BCUT2D eigenvalue weighted by atomic mass is 19.1. The first-order valence-corrected chi connectivity index (χ1v) is 10.5. The third kappa shape index (κ3) is 4.58. The predicted molar refractivity (Wildman–Crippen MR) is 113 cm³/mol. The summed E-state index contributed by atoms with van der Waals surface area (Å²) in [6, 6.07) is 14.0. The quantitative estimate of drug-likeness (QED) is 0.591. The second-order valence-corrected chi connectivity index (χ2v) is 8.24. The molecule has 1 aliphatic rings. The maximum absolute atomic E-state index is 13.1. The van der Waals surface area contributed by atoms with E-state index in [-0.39, 0.29) is 11.7 Å². The molecule has 3 aromatic rings. The van der Waals surface area contributed by atoms with Gasteiger partial charge in [0.2, 0.25) is 11.7 Å². The molecule has 6 heteroatoms. The van der Waals surface area contributed by atoms with Gasteiger partial charge in [0.1, 0.15) is 5.82 Å². The van der Waals surface area contributed by atoms with E-state index in [1.54, 1.807) is 12.1 Å².